The molecule has 4 heterocycles. The molecule has 9 aromatic carbocycles. The molecule has 0 amide bonds. The number of furan rings is 2. The van der Waals surface area contributed by atoms with Gasteiger partial charge in [-0.1, -0.05) is 146 Å². The molecular weight excluding hydrogens is 773 g/mol. The highest BCUT2D eigenvalue weighted by molar-refractivity contribution is 6.17. The number of para-hydroxylation sites is 1. The first-order valence-electron chi connectivity index (χ1n) is 21.1. The fraction of sp³-hybridized carbons (Fsp3) is 0. The summed E-state index contributed by atoms with van der Waals surface area (Å²) < 4.78 is 15.5. The first kappa shape index (κ1) is 35.2. The number of fused-ring (bicyclic) bond motifs is 9. The molecule has 0 saturated heterocycles. The summed E-state index contributed by atoms with van der Waals surface area (Å²) in [5, 5.41) is 6.47. The summed E-state index contributed by atoms with van der Waals surface area (Å²) in [6, 6.07) is 71.6. The van der Waals surface area contributed by atoms with Crippen LogP contribution in [0.4, 0.5) is 0 Å². The lowest BCUT2D eigenvalue weighted by molar-refractivity contribution is 0.669. The largest absolute Gasteiger partial charge is 0.456 e. The molecule has 0 aliphatic heterocycles. The van der Waals surface area contributed by atoms with E-state index in [0.29, 0.717) is 17.5 Å². The fourth-order valence-corrected chi connectivity index (χ4v) is 9.37. The molecule has 63 heavy (non-hydrogen) atoms. The predicted octanol–water partition coefficient (Wildman–Crippen LogP) is 15.1. The van der Waals surface area contributed by atoms with E-state index in [1.165, 1.54) is 21.9 Å². The second kappa shape index (κ2) is 14.0. The molecule has 0 saturated carbocycles. The third kappa shape index (κ3) is 5.69. The molecule has 0 unspecified atom stereocenters. The first-order valence-corrected chi connectivity index (χ1v) is 21.1. The minimum absolute atomic E-state index is 0.582. The Labute approximate surface area is 361 Å². The summed E-state index contributed by atoms with van der Waals surface area (Å²) >= 11 is 0. The van der Waals surface area contributed by atoms with E-state index in [0.717, 1.165) is 88.4 Å². The number of nitrogens with zero attached hydrogens (tertiary/aromatic N) is 4. The van der Waals surface area contributed by atoms with Crippen molar-refractivity contribution in [3.63, 3.8) is 0 Å². The van der Waals surface area contributed by atoms with Crippen molar-refractivity contribution in [3.8, 4) is 62.1 Å². The highest BCUT2D eigenvalue weighted by atomic mass is 16.3. The Morgan fingerprint density at radius 2 is 0.825 bits per heavy atom. The Morgan fingerprint density at radius 3 is 1.52 bits per heavy atom. The summed E-state index contributed by atoms with van der Waals surface area (Å²) in [4.78, 5) is 15.1. The topological polar surface area (TPSA) is 69.9 Å². The predicted molar refractivity (Wildman–Crippen MR) is 256 cm³/mol. The van der Waals surface area contributed by atoms with Gasteiger partial charge in [0.1, 0.15) is 22.3 Å². The number of hydrogen-bond acceptors (Lipinski definition) is 5. The molecule has 294 valence electrons. The summed E-state index contributed by atoms with van der Waals surface area (Å²) in [5.41, 5.74) is 13.8. The van der Waals surface area contributed by atoms with Crippen molar-refractivity contribution in [1.29, 1.82) is 0 Å². The van der Waals surface area contributed by atoms with Crippen molar-refractivity contribution in [2.24, 2.45) is 0 Å². The average Bonchev–Trinajstić information content (AvgIpc) is 4.03. The Bertz CT molecular complexity index is 3850. The molecular formula is C57H34N4O2. The zero-order chi connectivity index (χ0) is 41.4. The number of aromatic nitrogens is 4. The highest BCUT2D eigenvalue weighted by Crippen LogP contribution is 2.43. The summed E-state index contributed by atoms with van der Waals surface area (Å²) in [5.74, 6) is 1.81. The van der Waals surface area contributed by atoms with Crippen molar-refractivity contribution in [1.82, 2.24) is 19.5 Å². The van der Waals surface area contributed by atoms with Crippen molar-refractivity contribution < 1.29 is 8.83 Å². The summed E-state index contributed by atoms with van der Waals surface area (Å²) in [7, 11) is 0. The van der Waals surface area contributed by atoms with Crippen LogP contribution in [0.25, 0.3) is 128 Å². The van der Waals surface area contributed by atoms with E-state index in [2.05, 4.69) is 138 Å². The lowest BCUT2D eigenvalue weighted by Crippen LogP contribution is -2.00. The second-order valence-corrected chi connectivity index (χ2v) is 15.9. The lowest BCUT2D eigenvalue weighted by atomic mass is 9.97. The SMILES string of the molecule is c1ccc(-c2ccc3c(c2)c2ccccc2n3-c2ccc3oc4cccc(-c5ccc6oc7cccc(-c8nc(-c9ccccc9)nc(-c9ccccc9)n8)c7c6c5)c4c3c2)cc1. The summed E-state index contributed by atoms with van der Waals surface area (Å²) in [6.45, 7) is 0. The van der Waals surface area contributed by atoms with Gasteiger partial charge in [0.25, 0.3) is 0 Å². The molecule has 0 spiro atoms. The molecule has 0 radical (unpaired) electrons. The second-order valence-electron chi connectivity index (χ2n) is 15.9. The van der Waals surface area contributed by atoms with Crippen LogP contribution in [0.1, 0.15) is 0 Å². The maximum atomic E-state index is 6.59. The maximum Gasteiger partial charge on any atom is 0.164 e. The Kier molecular flexibility index (Phi) is 7.80. The van der Waals surface area contributed by atoms with Gasteiger partial charge in [-0.15, -0.1) is 0 Å². The Morgan fingerprint density at radius 1 is 0.302 bits per heavy atom. The van der Waals surface area contributed by atoms with Gasteiger partial charge < -0.3 is 13.4 Å². The van der Waals surface area contributed by atoms with Crippen LogP contribution in [0.2, 0.25) is 0 Å². The molecule has 0 N–H and O–H groups in total. The molecule has 4 aromatic heterocycles. The number of rotatable bonds is 6. The smallest absolute Gasteiger partial charge is 0.164 e. The zero-order valence-corrected chi connectivity index (χ0v) is 33.7. The van der Waals surface area contributed by atoms with Crippen LogP contribution in [-0.4, -0.2) is 19.5 Å². The standard InChI is InChI=1S/C57H34N4O2/c1-4-14-35(15-5-1)38-26-29-48-44(32-38)42-20-10-11-23-47(42)61(48)40-28-31-50-46(34-40)53-41(21-12-24-51(53)63-50)39-27-30-49-45(33-39)54-43(22-13-25-52(54)62-49)57-59-55(36-16-6-2-7-17-36)58-56(60-57)37-18-8-3-9-19-37/h1-34H. The Balaban J connectivity index is 0.985. The van der Waals surface area contributed by atoms with Gasteiger partial charge >= 0.3 is 0 Å². The first-order chi connectivity index (χ1) is 31.2. The van der Waals surface area contributed by atoms with E-state index in [-0.39, 0.29) is 0 Å². The van der Waals surface area contributed by atoms with E-state index in [1.807, 2.05) is 72.8 Å². The summed E-state index contributed by atoms with van der Waals surface area (Å²) in [6.07, 6.45) is 0. The van der Waals surface area contributed by atoms with Crippen LogP contribution in [0, 0.1) is 0 Å². The molecule has 0 aliphatic carbocycles. The fourth-order valence-electron chi connectivity index (χ4n) is 9.37. The molecule has 0 fully saturated rings. The van der Waals surface area contributed by atoms with Gasteiger partial charge in [0.15, 0.2) is 17.5 Å². The van der Waals surface area contributed by atoms with Crippen molar-refractivity contribution in [2.45, 2.75) is 0 Å². The highest BCUT2D eigenvalue weighted by Gasteiger charge is 2.21. The third-order valence-electron chi connectivity index (χ3n) is 12.3. The van der Waals surface area contributed by atoms with Crippen LogP contribution in [0.15, 0.2) is 215 Å². The van der Waals surface area contributed by atoms with Gasteiger partial charge in [-0.3, -0.25) is 0 Å². The van der Waals surface area contributed by atoms with Crippen molar-refractivity contribution >= 4 is 65.7 Å². The molecule has 0 aliphatic rings. The molecule has 0 bridgehead atoms. The van der Waals surface area contributed by atoms with Crippen molar-refractivity contribution in [3.05, 3.63) is 206 Å². The van der Waals surface area contributed by atoms with E-state index < -0.39 is 0 Å². The van der Waals surface area contributed by atoms with Crippen molar-refractivity contribution in [2.75, 3.05) is 0 Å². The van der Waals surface area contributed by atoms with Gasteiger partial charge in [0, 0.05) is 54.7 Å². The van der Waals surface area contributed by atoms with Gasteiger partial charge in [0.05, 0.1) is 11.0 Å². The molecule has 13 aromatic rings. The van der Waals surface area contributed by atoms with E-state index in [9.17, 15) is 0 Å². The van der Waals surface area contributed by atoms with Gasteiger partial charge in [-0.05, 0) is 82.9 Å². The minimum atomic E-state index is 0.582. The molecule has 6 heteroatoms. The molecule has 6 nitrogen and oxygen atoms in total. The van der Waals surface area contributed by atoms with Gasteiger partial charge in [-0.2, -0.15) is 0 Å². The monoisotopic (exact) mass is 806 g/mol. The Hall–Kier alpha value is -8.61. The normalized spacial score (nSPS) is 11.8. The van der Waals surface area contributed by atoms with Gasteiger partial charge in [-0.25, -0.2) is 15.0 Å². The minimum Gasteiger partial charge on any atom is -0.456 e. The van der Waals surface area contributed by atoms with Crippen LogP contribution in [-0.2, 0) is 0 Å². The molecule has 13 rings (SSSR count). The lowest BCUT2D eigenvalue weighted by Gasteiger charge is -2.10. The van der Waals surface area contributed by atoms with Crippen LogP contribution >= 0.6 is 0 Å². The number of hydrogen-bond donors (Lipinski definition) is 0. The van der Waals surface area contributed by atoms with Crippen LogP contribution in [0.5, 0.6) is 0 Å². The van der Waals surface area contributed by atoms with E-state index in [4.69, 9.17) is 23.8 Å². The maximum absolute atomic E-state index is 6.59. The van der Waals surface area contributed by atoms with Gasteiger partial charge in [0.2, 0.25) is 0 Å². The van der Waals surface area contributed by atoms with E-state index >= 15 is 0 Å². The van der Waals surface area contributed by atoms with Crippen LogP contribution < -0.4 is 0 Å². The third-order valence-corrected chi connectivity index (χ3v) is 12.3. The average molecular weight is 807 g/mol. The zero-order valence-electron chi connectivity index (χ0n) is 33.7. The number of benzene rings is 9. The quantitative estimate of drug-likeness (QED) is 0.167. The van der Waals surface area contributed by atoms with Crippen LogP contribution in [0.3, 0.4) is 0 Å². The van der Waals surface area contributed by atoms with E-state index in [1.54, 1.807) is 0 Å². The molecule has 0 atom stereocenters.